The number of hydrogen-bond acceptors (Lipinski definition) is 6. The van der Waals surface area contributed by atoms with Gasteiger partial charge in [-0.2, -0.15) is 5.10 Å². The second-order valence-corrected chi connectivity index (χ2v) is 9.24. The third-order valence-electron chi connectivity index (χ3n) is 5.14. The van der Waals surface area contributed by atoms with Crippen LogP contribution in [0.2, 0.25) is 0 Å². The minimum Gasteiger partial charge on any atom is -0.352 e. The number of nitro groups is 1. The number of nitrogens with zero attached hydrogens (tertiary/aromatic N) is 3. The minimum absolute atomic E-state index is 0.227. The Hall–Kier alpha value is -4.51. The highest BCUT2D eigenvalue weighted by molar-refractivity contribution is 7.92. The number of aromatic nitrogens is 2. The molecule has 2 N–H and O–H groups in total. The van der Waals surface area contributed by atoms with E-state index >= 15 is 0 Å². The molecule has 178 valence electrons. The number of amides is 1. The Morgan fingerprint density at radius 2 is 1.74 bits per heavy atom. The molecular weight excluding hydrogens is 470 g/mol. The summed E-state index contributed by atoms with van der Waals surface area (Å²) in [4.78, 5) is 22.4. The number of carbonyl (C=O) groups is 1. The number of nitrogens with one attached hydrogen (secondary N) is 2. The molecule has 1 amide bonds. The van der Waals surface area contributed by atoms with Crippen LogP contribution in [0.3, 0.4) is 0 Å². The van der Waals surface area contributed by atoms with Gasteiger partial charge in [0.1, 0.15) is 0 Å². The number of non-ortho nitro benzene ring substituents is 1. The normalized spacial score (nSPS) is 11.1. The molecule has 1 aromatic heterocycles. The van der Waals surface area contributed by atoms with E-state index in [0.717, 1.165) is 17.3 Å². The lowest BCUT2D eigenvalue weighted by Gasteiger charge is -2.10. The first kappa shape index (κ1) is 23.6. The predicted molar refractivity (Wildman–Crippen MR) is 130 cm³/mol. The Bertz CT molecular complexity index is 1430. The van der Waals surface area contributed by atoms with Crippen molar-refractivity contribution in [2.75, 3.05) is 11.3 Å². The van der Waals surface area contributed by atoms with Crippen LogP contribution in [0.5, 0.6) is 0 Å². The fourth-order valence-corrected chi connectivity index (χ4v) is 4.43. The predicted octanol–water partition coefficient (Wildman–Crippen LogP) is 3.55. The summed E-state index contributed by atoms with van der Waals surface area (Å²) in [6, 6.07) is 20.4. The van der Waals surface area contributed by atoms with Crippen LogP contribution in [0.25, 0.3) is 5.69 Å². The van der Waals surface area contributed by atoms with Crippen molar-refractivity contribution in [3.8, 4) is 5.69 Å². The molecule has 0 bridgehead atoms. The highest BCUT2D eigenvalue weighted by Gasteiger charge is 2.18. The molecule has 0 spiro atoms. The molecule has 0 radical (unpaired) electrons. The van der Waals surface area contributed by atoms with Gasteiger partial charge in [-0.1, -0.05) is 18.2 Å². The van der Waals surface area contributed by atoms with Crippen LogP contribution in [0.1, 0.15) is 15.9 Å². The van der Waals surface area contributed by atoms with E-state index in [9.17, 15) is 23.3 Å². The van der Waals surface area contributed by atoms with E-state index in [1.807, 2.05) is 36.5 Å². The van der Waals surface area contributed by atoms with Crippen LogP contribution in [0, 0.1) is 10.1 Å². The van der Waals surface area contributed by atoms with E-state index in [2.05, 4.69) is 15.1 Å². The zero-order valence-electron chi connectivity index (χ0n) is 18.4. The number of nitro benzene ring substituents is 1. The Morgan fingerprint density at radius 3 is 2.40 bits per heavy atom. The molecule has 0 aliphatic rings. The van der Waals surface area contributed by atoms with Crippen molar-refractivity contribution in [3.05, 3.63) is 112 Å². The fraction of sp³-hybridized carbons (Fsp3) is 0.0833. The van der Waals surface area contributed by atoms with E-state index in [1.54, 1.807) is 10.9 Å². The van der Waals surface area contributed by atoms with Gasteiger partial charge in [-0.3, -0.25) is 19.6 Å². The molecule has 0 aliphatic carbocycles. The summed E-state index contributed by atoms with van der Waals surface area (Å²) in [5.74, 6) is -0.286. The highest BCUT2D eigenvalue weighted by atomic mass is 32.2. The number of anilines is 1. The lowest BCUT2D eigenvalue weighted by atomic mass is 10.1. The van der Waals surface area contributed by atoms with Crippen molar-refractivity contribution in [3.63, 3.8) is 0 Å². The van der Waals surface area contributed by atoms with Gasteiger partial charge in [0.25, 0.3) is 21.6 Å². The van der Waals surface area contributed by atoms with E-state index in [0.29, 0.717) is 18.5 Å². The van der Waals surface area contributed by atoms with Gasteiger partial charge >= 0.3 is 0 Å². The van der Waals surface area contributed by atoms with Crippen molar-refractivity contribution in [1.82, 2.24) is 15.1 Å². The van der Waals surface area contributed by atoms with Crippen molar-refractivity contribution in [2.24, 2.45) is 0 Å². The van der Waals surface area contributed by atoms with Crippen LogP contribution in [0.15, 0.2) is 96.2 Å². The zero-order valence-corrected chi connectivity index (χ0v) is 19.2. The summed E-state index contributed by atoms with van der Waals surface area (Å²) in [5.41, 5.74) is 2.28. The summed E-state index contributed by atoms with van der Waals surface area (Å²) < 4.78 is 29.2. The molecule has 4 aromatic rings. The second-order valence-electron chi connectivity index (χ2n) is 7.56. The lowest BCUT2D eigenvalue weighted by Crippen LogP contribution is -2.25. The molecule has 1 heterocycles. The number of benzene rings is 3. The van der Waals surface area contributed by atoms with Gasteiger partial charge < -0.3 is 5.32 Å². The van der Waals surface area contributed by atoms with E-state index in [1.165, 1.54) is 42.5 Å². The minimum atomic E-state index is -4.03. The van der Waals surface area contributed by atoms with Crippen LogP contribution in [-0.2, 0) is 16.4 Å². The van der Waals surface area contributed by atoms with Crippen molar-refractivity contribution in [2.45, 2.75) is 11.3 Å². The summed E-state index contributed by atoms with van der Waals surface area (Å²) in [6.07, 6.45) is 4.22. The lowest BCUT2D eigenvalue weighted by molar-refractivity contribution is -0.385. The number of rotatable bonds is 9. The standard InChI is InChI=1S/C24H21N5O5S/c30-24(25-15-13-18-5-11-21(12-6-18)28-16-2-14-26-28)19-7-9-20(10-8-19)27-35(33,34)23-4-1-3-22(17-23)29(31)32/h1-12,14,16-17,27H,13,15H2,(H,25,30). The molecule has 0 saturated heterocycles. The molecule has 3 aromatic carbocycles. The Kier molecular flexibility index (Phi) is 6.88. The van der Waals surface area contributed by atoms with Gasteiger partial charge in [0.05, 0.1) is 15.5 Å². The zero-order chi connectivity index (χ0) is 24.8. The van der Waals surface area contributed by atoms with Gasteiger partial charge in [0.15, 0.2) is 0 Å². The molecule has 10 nitrogen and oxygen atoms in total. The van der Waals surface area contributed by atoms with E-state index in [4.69, 9.17) is 0 Å². The molecule has 0 unspecified atom stereocenters. The molecule has 0 atom stereocenters. The average molecular weight is 492 g/mol. The quantitative estimate of drug-likeness (QED) is 0.271. The van der Waals surface area contributed by atoms with Gasteiger partial charge in [0.2, 0.25) is 0 Å². The van der Waals surface area contributed by atoms with Crippen molar-refractivity contribution < 1.29 is 18.1 Å². The monoisotopic (exact) mass is 491 g/mol. The summed E-state index contributed by atoms with van der Waals surface area (Å²) in [6.45, 7) is 0.432. The topological polar surface area (TPSA) is 136 Å². The molecule has 0 aliphatic heterocycles. The Labute approximate surface area is 201 Å². The molecule has 4 rings (SSSR count). The SMILES string of the molecule is O=C(NCCc1ccc(-n2cccn2)cc1)c1ccc(NS(=O)(=O)c2cccc([N+](=O)[O-])c2)cc1. The summed E-state index contributed by atoms with van der Waals surface area (Å²) in [5, 5.41) is 17.9. The number of carbonyl (C=O) groups excluding carboxylic acids is 1. The Morgan fingerprint density at radius 1 is 1.00 bits per heavy atom. The molecule has 11 heteroatoms. The van der Waals surface area contributed by atoms with Crippen LogP contribution in [-0.4, -0.2) is 35.6 Å². The highest BCUT2D eigenvalue weighted by Crippen LogP contribution is 2.21. The van der Waals surface area contributed by atoms with Crippen molar-refractivity contribution in [1.29, 1.82) is 0 Å². The smallest absolute Gasteiger partial charge is 0.270 e. The van der Waals surface area contributed by atoms with Gasteiger partial charge in [-0.25, -0.2) is 13.1 Å². The average Bonchev–Trinajstić information content (AvgIpc) is 3.40. The first-order chi connectivity index (χ1) is 16.8. The van der Waals surface area contributed by atoms with Gasteiger partial charge in [-0.05, 0) is 60.5 Å². The second kappa shape index (κ2) is 10.2. The number of sulfonamides is 1. The summed E-state index contributed by atoms with van der Waals surface area (Å²) in [7, 11) is -4.03. The summed E-state index contributed by atoms with van der Waals surface area (Å²) >= 11 is 0. The molecule has 35 heavy (non-hydrogen) atoms. The van der Waals surface area contributed by atoms with Crippen LogP contribution in [0.4, 0.5) is 11.4 Å². The van der Waals surface area contributed by atoms with Crippen molar-refractivity contribution >= 4 is 27.3 Å². The van der Waals surface area contributed by atoms with Crippen LogP contribution >= 0.6 is 0 Å². The molecule has 0 saturated carbocycles. The largest absolute Gasteiger partial charge is 0.352 e. The molecule has 0 fully saturated rings. The maximum atomic E-state index is 12.5. The maximum Gasteiger partial charge on any atom is 0.270 e. The van der Waals surface area contributed by atoms with E-state index in [-0.39, 0.29) is 22.2 Å². The van der Waals surface area contributed by atoms with Gasteiger partial charge in [-0.15, -0.1) is 0 Å². The first-order valence-corrected chi connectivity index (χ1v) is 12.0. The third-order valence-corrected chi connectivity index (χ3v) is 6.52. The fourth-order valence-electron chi connectivity index (χ4n) is 3.33. The number of hydrogen-bond donors (Lipinski definition) is 2. The first-order valence-electron chi connectivity index (χ1n) is 10.6. The van der Waals surface area contributed by atoms with E-state index < -0.39 is 14.9 Å². The maximum absolute atomic E-state index is 12.5. The third kappa shape index (κ3) is 5.89. The van der Waals surface area contributed by atoms with Gasteiger partial charge in [0, 0.05) is 42.3 Å². The Balaban J connectivity index is 1.31. The molecular formula is C24H21N5O5S. The van der Waals surface area contributed by atoms with Crippen LogP contribution < -0.4 is 10.0 Å².